The molecular weight excluding hydrogens is 704 g/mol. The number of nitrogens with zero attached hydrogens (tertiary/aromatic N) is 7. The molecule has 0 radical (unpaired) electrons. The predicted molar refractivity (Wildman–Crippen MR) is 185 cm³/mol. The number of anilines is 1. The molecule has 48 heavy (non-hydrogen) atoms. The van der Waals surface area contributed by atoms with Gasteiger partial charge in [-0.25, -0.2) is 8.78 Å². The Bertz CT molecular complexity index is 1950. The first-order chi connectivity index (χ1) is 23.3. The zero-order valence-corrected chi connectivity index (χ0v) is 28.4. The number of ether oxygens (including phenoxy) is 1. The fourth-order valence-electron chi connectivity index (χ4n) is 7.51. The van der Waals surface area contributed by atoms with Gasteiger partial charge < -0.3 is 14.5 Å². The van der Waals surface area contributed by atoms with Gasteiger partial charge in [-0.1, -0.05) is 63.9 Å². The highest BCUT2D eigenvalue weighted by atomic mass is 79.9. The van der Waals surface area contributed by atoms with E-state index < -0.39 is 23.6 Å². The third-order valence-electron chi connectivity index (χ3n) is 9.73. The minimum absolute atomic E-state index is 0.0233. The van der Waals surface area contributed by atoms with E-state index in [1.807, 2.05) is 29.2 Å². The molecule has 7 rings (SSSR count). The molecule has 5 heterocycles. The summed E-state index contributed by atoms with van der Waals surface area (Å²) in [5.41, 5.74) is 0.185. The summed E-state index contributed by atoms with van der Waals surface area (Å²) in [7, 11) is 0. The van der Waals surface area contributed by atoms with Gasteiger partial charge >= 0.3 is 6.01 Å². The van der Waals surface area contributed by atoms with Crippen molar-refractivity contribution in [2.75, 3.05) is 49.6 Å². The molecule has 9 nitrogen and oxygen atoms in total. The van der Waals surface area contributed by atoms with Crippen molar-refractivity contribution in [3.05, 3.63) is 65.6 Å². The average molecular weight is 737 g/mol. The van der Waals surface area contributed by atoms with E-state index in [9.17, 15) is 14.4 Å². The molecule has 13 heteroatoms. The number of piperazine rings is 1. The van der Waals surface area contributed by atoms with Crippen LogP contribution in [0.4, 0.5) is 14.6 Å². The Hall–Kier alpha value is -3.92. The summed E-state index contributed by atoms with van der Waals surface area (Å²) in [6.45, 7) is 2.35. The number of pyridine rings is 1. The zero-order chi connectivity index (χ0) is 33.4. The average Bonchev–Trinajstić information content (AvgIpc) is 3.62. The first kappa shape index (κ1) is 32.6. The van der Waals surface area contributed by atoms with Gasteiger partial charge in [0.25, 0.3) is 0 Å². The summed E-state index contributed by atoms with van der Waals surface area (Å²) in [5.74, 6) is -0.438. The van der Waals surface area contributed by atoms with Crippen molar-refractivity contribution in [3.8, 4) is 23.3 Å². The zero-order valence-electron chi connectivity index (χ0n) is 26.1. The molecule has 3 fully saturated rings. The summed E-state index contributed by atoms with van der Waals surface area (Å²) >= 11 is 9.90. The normalized spacial score (nSPS) is 22.9. The molecule has 0 N–H and O–H groups in total. The quantitative estimate of drug-likeness (QED) is 0.150. The van der Waals surface area contributed by atoms with E-state index in [-0.39, 0.29) is 42.7 Å². The molecule has 0 saturated carbocycles. The third-order valence-corrected chi connectivity index (χ3v) is 10.4. The fraction of sp³-hybridized carbons (Fsp3) is 0.400. The topological polar surface area (TPSA) is 98.5 Å². The maximum Gasteiger partial charge on any atom is 0.319 e. The van der Waals surface area contributed by atoms with E-state index in [0.29, 0.717) is 58.6 Å². The number of amides is 1. The molecule has 2 aromatic heterocycles. The minimum atomic E-state index is -0.930. The van der Waals surface area contributed by atoms with Crippen LogP contribution in [0.25, 0.3) is 32.9 Å². The van der Waals surface area contributed by atoms with Gasteiger partial charge in [0.05, 0.1) is 29.5 Å². The van der Waals surface area contributed by atoms with Gasteiger partial charge in [0.2, 0.25) is 5.91 Å². The summed E-state index contributed by atoms with van der Waals surface area (Å²) in [5, 5.41) is 12.5. The maximum absolute atomic E-state index is 16.8. The van der Waals surface area contributed by atoms with Crippen molar-refractivity contribution >= 4 is 60.9 Å². The van der Waals surface area contributed by atoms with E-state index in [1.54, 1.807) is 29.3 Å². The van der Waals surface area contributed by atoms with Crippen molar-refractivity contribution in [2.45, 2.75) is 43.4 Å². The first-order valence-corrected chi connectivity index (χ1v) is 17.5. The van der Waals surface area contributed by atoms with Crippen LogP contribution < -0.4 is 9.64 Å². The van der Waals surface area contributed by atoms with Gasteiger partial charge in [0.15, 0.2) is 5.82 Å². The first-order valence-electron chi connectivity index (χ1n) is 16.0. The second kappa shape index (κ2) is 13.5. The molecule has 3 aliphatic rings. The highest BCUT2D eigenvalue weighted by Gasteiger charge is 2.49. The summed E-state index contributed by atoms with van der Waals surface area (Å²) in [6.07, 6.45) is 6.07. The number of carbonyl (C=O) groups excluding carboxylic acids is 1. The Morgan fingerprint density at radius 3 is 2.83 bits per heavy atom. The van der Waals surface area contributed by atoms with Crippen LogP contribution in [0, 0.1) is 17.1 Å². The highest BCUT2D eigenvalue weighted by Crippen LogP contribution is 2.41. The third kappa shape index (κ3) is 5.97. The molecule has 0 spiro atoms. The van der Waals surface area contributed by atoms with E-state index in [1.165, 1.54) is 6.08 Å². The maximum atomic E-state index is 16.8. The van der Waals surface area contributed by atoms with Crippen LogP contribution in [0.1, 0.15) is 25.7 Å². The monoisotopic (exact) mass is 735 g/mol. The number of benzene rings is 2. The van der Waals surface area contributed by atoms with Gasteiger partial charge in [-0.2, -0.15) is 15.2 Å². The number of hydrogen-bond acceptors (Lipinski definition) is 8. The smallest absolute Gasteiger partial charge is 0.319 e. The molecule has 4 aromatic rings. The number of carbonyl (C=O) groups is 1. The minimum Gasteiger partial charge on any atom is -0.461 e. The van der Waals surface area contributed by atoms with E-state index in [2.05, 4.69) is 36.9 Å². The summed E-state index contributed by atoms with van der Waals surface area (Å²) in [6, 6.07) is 12.8. The Morgan fingerprint density at radius 2 is 2.02 bits per heavy atom. The van der Waals surface area contributed by atoms with E-state index in [4.69, 9.17) is 21.3 Å². The van der Waals surface area contributed by atoms with E-state index >= 15 is 4.39 Å². The molecule has 248 valence electrons. The fourth-order valence-corrected chi connectivity index (χ4v) is 7.98. The van der Waals surface area contributed by atoms with Crippen LogP contribution >= 0.6 is 27.5 Å². The van der Waals surface area contributed by atoms with E-state index in [0.717, 1.165) is 24.8 Å². The number of halogens is 4. The highest BCUT2D eigenvalue weighted by molar-refractivity contribution is 9.09. The summed E-state index contributed by atoms with van der Waals surface area (Å²) in [4.78, 5) is 32.7. The lowest BCUT2D eigenvalue weighted by atomic mass is 9.95. The Kier molecular flexibility index (Phi) is 9.20. The van der Waals surface area contributed by atoms with Crippen LogP contribution in [0.3, 0.4) is 0 Å². The van der Waals surface area contributed by atoms with Crippen molar-refractivity contribution in [2.24, 2.45) is 0 Å². The second-order valence-electron chi connectivity index (χ2n) is 12.6. The van der Waals surface area contributed by atoms with Crippen molar-refractivity contribution < 1.29 is 18.3 Å². The second-order valence-corrected chi connectivity index (χ2v) is 13.6. The van der Waals surface area contributed by atoms with Crippen LogP contribution in [0.15, 0.2) is 54.7 Å². The molecule has 3 saturated heterocycles. The SMILES string of the molecule is N#CC[C@H]1CN(c2nc(OC[C@@]34CCCN3C[C@H](F)C4)nc3c(F)c(-c4cccc5cccc(Cl)c45)ncc23)CCN1C(=O)/C=C/CBr. The van der Waals surface area contributed by atoms with Crippen molar-refractivity contribution in [3.63, 3.8) is 0 Å². The summed E-state index contributed by atoms with van der Waals surface area (Å²) < 4.78 is 37.6. The predicted octanol–water partition coefficient (Wildman–Crippen LogP) is 6.47. The van der Waals surface area contributed by atoms with Gasteiger partial charge in [-0.15, -0.1) is 0 Å². The van der Waals surface area contributed by atoms with Crippen LogP contribution in [0.5, 0.6) is 6.01 Å². The number of hydrogen-bond donors (Lipinski definition) is 0. The Labute approximate surface area is 290 Å². The number of rotatable bonds is 8. The lowest BCUT2D eigenvalue weighted by Crippen LogP contribution is -2.55. The number of alkyl halides is 2. The largest absolute Gasteiger partial charge is 0.461 e. The number of nitriles is 1. The number of aromatic nitrogens is 3. The molecule has 1 amide bonds. The van der Waals surface area contributed by atoms with Crippen LogP contribution in [-0.4, -0.2) is 93.1 Å². The molecule has 3 atom stereocenters. The van der Waals surface area contributed by atoms with Gasteiger partial charge in [-0.05, 0) is 36.9 Å². The Balaban J connectivity index is 1.31. The van der Waals surface area contributed by atoms with Crippen molar-refractivity contribution in [1.82, 2.24) is 24.8 Å². The van der Waals surface area contributed by atoms with Gasteiger partial charge in [-0.3, -0.25) is 14.7 Å². The van der Waals surface area contributed by atoms with Gasteiger partial charge in [0, 0.05) is 60.1 Å². The lowest BCUT2D eigenvalue weighted by Gasteiger charge is -2.41. The molecule has 2 aromatic carbocycles. The Morgan fingerprint density at radius 1 is 1.19 bits per heavy atom. The molecule has 0 unspecified atom stereocenters. The molecular formula is C35H33BrClF2N7O2. The van der Waals surface area contributed by atoms with Crippen LogP contribution in [0.2, 0.25) is 5.02 Å². The molecule has 0 aliphatic carbocycles. The van der Waals surface area contributed by atoms with Crippen LogP contribution in [-0.2, 0) is 4.79 Å². The molecule has 3 aliphatic heterocycles. The lowest BCUT2D eigenvalue weighted by molar-refractivity contribution is -0.128. The van der Waals surface area contributed by atoms with Gasteiger partial charge in [0.1, 0.15) is 29.8 Å². The number of allylic oxidation sites excluding steroid dienone is 1. The van der Waals surface area contributed by atoms with Crippen molar-refractivity contribution in [1.29, 1.82) is 5.26 Å². The number of fused-ring (bicyclic) bond motifs is 3. The molecule has 0 bridgehead atoms. The standard InChI is InChI=1S/C35H33BrClF2N7O2/c36-12-3-9-28(47)46-16-15-44(20-24(46)10-13-40)33-26-18-41-31(25-7-1-5-22-6-2-8-27(37)29(22)25)30(39)32(26)42-34(43-33)48-21-35-11-4-14-45(35)19-23(38)17-35/h1-3,5-9,18,23-24H,4,10-12,14-17,19-21H2/b9-3+/t23-,24+,35+/m1/s1.